The number of anilines is 1. The third kappa shape index (κ3) is 2.30. The maximum Gasteiger partial charge on any atom is 0.298 e. The molecule has 1 saturated heterocycles. The van der Waals surface area contributed by atoms with Gasteiger partial charge in [-0.05, 0) is 44.0 Å². The molecule has 0 amide bonds. The van der Waals surface area contributed by atoms with E-state index < -0.39 is 0 Å². The van der Waals surface area contributed by atoms with Gasteiger partial charge in [0.25, 0.3) is 6.01 Å². The van der Waals surface area contributed by atoms with Crippen molar-refractivity contribution in [2.75, 3.05) is 31.1 Å². The highest BCUT2D eigenvalue weighted by atomic mass is 35.5. The van der Waals surface area contributed by atoms with Crippen molar-refractivity contribution in [1.29, 1.82) is 0 Å². The van der Waals surface area contributed by atoms with Crippen LogP contribution in [0.5, 0.6) is 0 Å². The summed E-state index contributed by atoms with van der Waals surface area (Å²) in [6, 6.07) is 2.60. The van der Waals surface area contributed by atoms with Crippen molar-refractivity contribution in [3.05, 3.63) is 22.2 Å². The van der Waals surface area contributed by atoms with E-state index in [1.807, 2.05) is 19.9 Å². The van der Waals surface area contributed by atoms with Crippen LogP contribution >= 0.6 is 11.6 Å². The molecule has 5 heteroatoms. The Bertz CT molecular complexity index is 600. The lowest BCUT2D eigenvalue weighted by Gasteiger charge is -2.16. The summed E-state index contributed by atoms with van der Waals surface area (Å²) in [5.41, 5.74) is 3.85. The number of fused-ring (bicyclic) bond motifs is 1. The van der Waals surface area contributed by atoms with Crippen molar-refractivity contribution in [3.63, 3.8) is 0 Å². The Balaban J connectivity index is 2.03. The minimum atomic E-state index is 0.712. The van der Waals surface area contributed by atoms with Gasteiger partial charge in [-0.3, -0.25) is 0 Å². The molecule has 1 fully saturated rings. The average Bonchev–Trinajstić information content (AvgIpc) is 2.64. The Kier molecular flexibility index (Phi) is 3.37. The first kappa shape index (κ1) is 12.8. The highest BCUT2D eigenvalue weighted by Gasteiger charge is 2.18. The summed E-state index contributed by atoms with van der Waals surface area (Å²) in [6.07, 6.45) is 1.11. The number of nitrogens with one attached hydrogen (secondary N) is 1. The Morgan fingerprint density at radius 3 is 2.95 bits per heavy atom. The molecule has 1 aromatic heterocycles. The van der Waals surface area contributed by atoms with Crippen LogP contribution in [0.3, 0.4) is 0 Å². The van der Waals surface area contributed by atoms with E-state index in [1.165, 1.54) is 0 Å². The van der Waals surface area contributed by atoms with Crippen LogP contribution in [0, 0.1) is 13.8 Å². The summed E-state index contributed by atoms with van der Waals surface area (Å²) in [7, 11) is 0. The van der Waals surface area contributed by atoms with Crippen LogP contribution in [0.15, 0.2) is 10.5 Å². The molecule has 1 N–H and O–H groups in total. The molecule has 0 radical (unpaired) electrons. The number of rotatable bonds is 1. The predicted molar refractivity (Wildman–Crippen MR) is 78.2 cm³/mol. The van der Waals surface area contributed by atoms with Crippen LogP contribution in [-0.2, 0) is 0 Å². The van der Waals surface area contributed by atoms with Gasteiger partial charge in [-0.15, -0.1) is 0 Å². The number of halogens is 1. The molecule has 4 nitrogen and oxygen atoms in total. The Morgan fingerprint density at radius 1 is 1.26 bits per heavy atom. The van der Waals surface area contributed by atoms with E-state index in [0.29, 0.717) is 6.01 Å². The summed E-state index contributed by atoms with van der Waals surface area (Å²) in [6.45, 7) is 7.97. The lowest BCUT2D eigenvalue weighted by molar-refractivity contribution is 0.569. The highest BCUT2D eigenvalue weighted by molar-refractivity contribution is 6.32. The fourth-order valence-corrected chi connectivity index (χ4v) is 2.68. The van der Waals surface area contributed by atoms with Gasteiger partial charge in [0.15, 0.2) is 5.58 Å². The Hall–Kier alpha value is -1.26. The van der Waals surface area contributed by atoms with Crippen LogP contribution in [0.4, 0.5) is 6.01 Å². The maximum atomic E-state index is 6.21. The number of aryl methyl sites for hydroxylation is 1. The smallest absolute Gasteiger partial charge is 0.298 e. The lowest BCUT2D eigenvalue weighted by Crippen LogP contribution is -2.27. The Labute approximate surface area is 117 Å². The molecular formula is C14H18ClN3O. The van der Waals surface area contributed by atoms with Crippen molar-refractivity contribution in [2.45, 2.75) is 20.3 Å². The first-order valence-electron chi connectivity index (χ1n) is 6.68. The molecule has 19 heavy (non-hydrogen) atoms. The fourth-order valence-electron chi connectivity index (χ4n) is 2.44. The molecule has 0 spiro atoms. The van der Waals surface area contributed by atoms with Gasteiger partial charge in [0.05, 0.1) is 0 Å². The van der Waals surface area contributed by atoms with Gasteiger partial charge in [0, 0.05) is 24.7 Å². The number of hydrogen-bond acceptors (Lipinski definition) is 4. The fraction of sp³-hybridized carbons (Fsp3) is 0.500. The van der Waals surface area contributed by atoms with Gasteiger partial charge >= 0.3 is 0 Å². The molecule has 102 valence electrons. The number of aromatic nitrogens is 1. The standard InChI is InChI=1S/C14H18ClN3O/c1-9-10(2)13-12(8-11(9)15)17-14(19-13)18-6-3-4-16-5-7-18/h8,16H,3-7H2,1-2H3. The van der Waals surface area contributed by atoms with E-state index in [0.717, 1.165) is 59.8 Å². The quantitative estimate of drug-likeness (QED) is 0.871. The van der Waals surface area contributed by atoms with Crippen LogP contribution in [-0.4, -0.2) is 31.2 Å². The first-order chi connectivity index (χ1) is 9.16. The average molecular weight is 280 g/mol. The Morgan fingerprint density at radius 2 is 2.11 bits per heavy atom. The van der Waals surface area contributed by atoms with Crippen molar-refractivity contribution in [1.82, 2.24) is 10.3 Å². The second-order valence-corrected chi connectivity index (χ2v) is 5.45. The molecular weight excluding hydrogens is 262 g/mol. The van der Waals surface area contributed by atoms with E-state index in [1.54, 1.807) is 0 Å². The SMILES string of the molecule is Cc1c(Cl)cc2nc(N3CCCNCC3)oc2c1C. The predicted octanol–water partition coefficient (Wildman–Crippen LogP) is 2.90. The van der Waals surface area contributed by atoms with Crippen LogP contribution in [0.1, 0.15) is 17.5 Å². The second-order valence-electron chi connectivity index (χ2n) is 5.04. The largest absolute Gasteiger partial charge is 0.423 e. The summed E-state index contributed by atoms with van der Waals surface area (Å²) >= 11 is 6.21. The van der Waals surface area contributed by atoms with E-state index >= 15 is 0 Å². The number of nitrogens with zero attached hydrogens (tertiary/aromatic N) is 2. The third-order valence-electron chi connectivity index (χ3n) is 3.78. The normalized spacial score (nSPS) is 16.9. The summed E-state index contributed by atoms with van der Waals surface area (Å²) in [5, 5.41) is 4.13. The lowest BCUT2D eigenvalue weighted by atomic mass is 10.1. The van der Waals surface area contributed by atoms with Gasteiger partial charge in [0.2, 0.25) is 0 Å². The molecule has 1 aromatic carbocycles. The van der Waals surface area contributed by atoms with E-state index in [2.05, 4.69) is 15.2 Å². The summed E-state index contributed by atoms with van der Waals surface area (Å²) in [5.74, 6) is 0. The van der Waals surface area contributed by atoms with Gasteiger partial charge in [-0.1, -0.05) is 11.6 Å². The van der Waals surface area contributed by atoms with Gasteiger partial charge in [0.1, 0.15) is 5.52 Å². The summed E-state index contributed by atoms with van der Waals surface area (Å²) < 4.78 is 5.96. The highest BCUT2D eigenvalue weighted by Crippen LogP contribution is 2.31. The van der Waals surface area contributed by atoms with Crippen LogP contribution < -0.4 is 10.2 Å². The molecule has 2 aromatic rings. The molecule has 0 unspecified atom stereocenters. The first-order valence-corrected chi connectivity index (χ1v) is 7.06. The zero-order chi connectivity index (χ0) is 13.4. The van der Waals surface area contributed by atoms with Gasteiger partial charge < -0.3 is 14.6 Å². The molecule has 1 aliphatic rings. The van der Waals surface area contributed by atoms with Crippen LogP contribution in [0.25, 0.3) is 11.1 Å². The van der Waals surface area contributed by atoms with Crippen molar-refractivity contribution < 1.29 is 4.42 Å². The zero-order valence-electron chi connectivity index (χ0n) is 11.3. The summed E-state index contributed by atoms with van der Waals surface area (Å²) in [4.78, 5) is 6.78. The minimum absolute atomic E-state index is 0.712. The number of benzene rings is 1. The minimum Gasteiger partial charge on any atom is -0.423 e. The number of oxazole rings is 1. The molecule has 0 bridgehead atoms. The van der Waals surface area contributed by atoms with Crippen LogP contribution in [0.2, 0.25) is 5.02 Å². The molecule has 2 heterocycles. The number of hydrogen-bond donors (Lipinski definition) is 1. The molecule has 1 aliphatic heterocycles. The third-order valence-corrected chi connectivity index (χ3v) is 4.17. The molecule has 0 atom stereocenters. The van der Waals surface area contributed by atoms with Crippen molar-refractivity contribution in [3.8, 4) is 0 Å². The van der Waals surface area contributed by atoms with Gasteiger partial charge in [-0.25, -0.2) is 0 Å². The van der Waals surface area contributed by atoms with E-state index in [-0.39, 0.29) is 0 Å². The monoisotopic (exact) mass is 279 g/mol. The molecule has 0 aliphatic carbocycles. The molecule has 0 saturated carbocycles. The van der Waals surface area contributed by atoms with E-state index in [4.69, 9.17) is 16.0 Å². The maximum absolute atomic E-state index is 6.21. The van der Waals surface area contributed by atoms with E-state index in [9.17, 15) is 0 Å². The topological polar surface area (TPSA) is 41.3 Å². The van der Waals surface area contributed by atoms with Gasteiger partial charge in [-0.2, -0.15) is 4.98 Å². The van der Waals surface area contributed by atoms with Crippen molar-refractivity contribution >= 4 is 28.7 Å². The molecule has 3 rings (SSSR count). The van der Waals surface area contributed by atoms with Crippen molar-refractivity contribution in [2.24, 2.45) is 0 Å². The zero-order valence-corrected chi connectivity index (χ0v) is 12.0. The second kappa shape index (κ2) is 5.02.